The van der Waals surface area contributed by atoms with Gasteiger partial charge in [0.1, 0.15) is 12.4 Å². The lowest BCUT2D eigenvalue weighted by atomic mass is 10.1. The zero-order valence-corrected chi connectivity index (χ0v) is 12.2. The van der Waals surface area contributed by atoms with Crippen molar-refractivity contribution in [3.05, 3.63) is 47.7 Å². The standard InChI is InChI=1S/C16H17ClN2O/c1-18-16(5-6-16)11-20-15-8-13(9-19-10-15)12-3-2-4-14(17)7-12/h2-4,7-10,18H,5-6,11H2,1H3. The largest absolute Gasteiger partial charge is 0.490 e. The van der Waals surface area contributed by atoms with Crippen molar-refractivity contribution >= 4 is 11.6 Å². The molecule has 3 rings (SSSR count). The van der Waals surface area contributed by atoms with Gasteiger partial charge in [0, 0.05) is 16.8 Å². The maximum absolute atomic E-state index is 6.02. The Morgan fingerprint density at radius 2 is 2.10 bits per heavy atom. The molecule has 0 radical (unpaired) electrons. The number of nitrogens with one attached hydrogen (secondary N) is 1. The van der Waals surface area contributed by atoms with Gasteiger partial charge in [-0.2, -0.15) is 0 Å². The van der Waals surface area contributed by atoms with Crippen LogP contribution in [0.1, 0.15) is 12.8 Å². The molecule has 104 valence electrons. The summed E-state index contributed by atoms with van der Waals surface area (Å²) in [6.45, 7) is 0.685. The molecule has 20 heavy (non-hydrogen) atoms. The van der Waals surface area contributed by atoms with Crippen LogP contribution in [0.2, 0.25) is 5.02 Å². The Hall–Kier alpha value is -1.58. The van der Waals surface area contributed by atoms with Gasteiger partial charge in [0.15, 0.2) is 0 Å². The molecule has 1 aliphatic carbocycles. The molecule has 1 aliphatic rings. The van der Waals surface area contributed by atoms with Gasteiger partial charge in [0.25, 0.3) is 0 Å². The van der Waals surface area contributed by atoms with E-state index in [4.69, 9.17) is 16.3 Å². The number of likely N-dealkylation sites (N-methyl/N-ethyl adjacent to an activating group) is 1. The lowest BCUT2D eigenvalue weighted by Crippen LogP contribution is -2.33. The first kappa shape index (κ1) is 13.4. The van der Waals surface area contributed by atoms with Crippen molar-refractivity contribution in [1.82, 2.24) is 10.3 Å². The number of hydrogen-bond acceptors (Lipinski definition) is 3. The fraction of sp³-hybridized carbons (Fsp3) is 0.312. The molecule has 2 aromatic rings. The van der Waals surface area contributed by atoms with Crippen molar-refractivity contribution in [3.8, 4) is 16.9 Å². The summed E-state index contributed by atoms with van der Waals surface area (Å²) >= 11 is 6.02. The molecule has 0 unspecified atom stereocenters. The lowest BCUT2D eigenvalue weighted by Gasteiger charge is -2.15. The first-order valence-electron chi connectivity index (χ1n) is 6.73. The Balaban J connectivity index is 1.76. The Labute approximate surface area is 123 Å². The van der Waals surface area contributed by atoms with Crippen molar-refractivity contribution < 1.29 is 4.74 Å². The summed E-state index contributed by atoms with van der Waals surface area (Å²) < 4.78 is 5.86. The fourth-order valence-corrected chi connectivity index (χ4v) is 2.35. The van der Waals surface area contributed by atoms with Crippen LogP contribution in [0.3, 0.4) is 0 Å². The van der Waals surface area contributed by atoms with Crippen molar-refractivity contribution in [2.24, 2.45) is 0 Å². The van der Waals surface area contributed by atoms with Crippen LogP contribution in [0, 0.1) is 0 Å². The highest BCUT2D eigenvalue weighted by Gasteiger charge is 2.41. The number of rotatable bonds is 5. The van der Waals surface area contributed by atoms with Crippen LogP contribution in [0.5, 0.6) is 5.75 Å². The van der Waals surface area contributed by atoms with Crippen LogP contribution in [-0.4, -0.2) is 24.2 Å². The minimum Gasteiger partial charge on any atom is -0.490 e. The molecule has 1 aromatic heterocycles. The van der Waals surface area contributed by atoms with E-state index in [-0.39, 0.29) is 5.54 Å². The molecule has 1 saturated carbocycles. The highest BCUT2D eigenvalue weighted by atomic mass is 35.5. The second-order valence-corrected chi connectivity index (χ2v) is 5.68. The van der Waals surface area contributed by atoms with Gasteiger partial charge in [-0.3, -0.25) is 4.98 Å². The van der Waals surface area contributed by atoms with E-state index in [0.717, 1.165) is 21.9 Å². The SMILES string of the molecule is CNC1(COc2cncc(-c3cccc(Cl)c3)c2)CC1. The van der Waals surface area contributed by atoms with E-state index in [0.29, 0.717) is 6.61 Å². The van der Waals surface area contributed by atoms with Crippen LogP contribution in [0.4, 0.5) is 0 Å². The summed E-state index contributed by atoms with van der Waals surface area (Å²) in [7, 11) is 1.98. The number of ether oxygens (including phenoxy) is 1. The number of nitrogens with zero attached hydrogens (tertiary/aromatic N) is 1. The van der Waals surface area contributed by atoms with Gasteiger partial charge in [-0.25, -0.2) is 0 Å². The molecule has 0 spiro atoms. The van der Waals surface area contributed by atoms with Gasteiger partial charge in [0.2, 0.25) is 0 Å². The smallest absolute Gasteiger partial charge is 0.138 e. The Bertz CT molecular complexity index is 611. The quantitative estimate of drug-likeness (QED) is 0.914. The van der Waals surface area contributed by atoms with E-state index in [1.165, 1.54) is 12.8 Å². The van der Waals surface area contributed by atoms with E-state index >= 15 is 0 Å². The van der Waals surface area contributed by atoms with Crippen LogP contribution in [0.15, 0.2) is 42.7 Å². The second-order valence-electron chi connectivity index (χ2n) is 5.24. The number of benzene rings is 1. The summed E-state index contributed by atoms with van der Waals surface area (Å²) in [6, 6.07) is 9.75. The van der Waals surface area contributed by atoms with Crippen LogP contribution >= 0.6 is 11.6 Å². The molecule has 1 heterocycles. The van der Waals surface area contributed by atoms with Crippen molar-refractivity contribution in [1.29, 1.82) is 0 Å². The van der Waals surface area contributed by atoms with E-state index in [9.17, 15) is 0 Å². The summed E-state index contributed by atoms with van der Waals surface area (Å²) in [5.74, 6) is 0.795. The summed E-state index contributed by atoms with van der Waals surface area (Å²) in [4.78, 5) is 4.25. The van der Waals surface area contributed by atoms with Gasteiger partial charge in [0.05, 0.1) is 11.7 Å². The van der Waals surface area contributed by atoms with E-state index in [2.05, 4.69) is 10.3 Å². The summed E-state index contributed by atoms with van der Waals surface area (Å²) in [5.41, 5.74) is 2.23. The zero-order valence-electron chi connectivity index (χ0n) is 11.4. The average molecular weight is 289 g/mol. The summed E-state index contributed by atoms with van der Waals surface area (Å²) in [5, 5.41) is 4.04. The maximum atomic E-state index is 6.02. The average Bonchev–Trinajstić information content (AvgIpc) is 3.26. The molecule has 0 saturated heterocycles. The molecule has 1 aromatic carbocycles. The fourth-order valence-electron chi connectivity index (χ4n) is 2.16. The number of hydrogen-bond donors (Lipinski definition) is 1. The van der Waals surface area contributed by atoms with Crippen molar-refractivity contribution in [3.63, 3.8) is 0 Å². The molecule has 0 amide bonds. The third kappa shape index (κ3) is 2.94. The number of halogens is 1. The highest BCUT2D eigenvalue weighted by molar-refractivity contribution is 6.30. The predicted molar refractivity (Wildman–Crippen MR) is 81.2 cm³/mol. The van der Waals surface area contributed by atoms with Gasteiger partial charge in [-0.15, -0.1) is 0 Å². The first-order chi connectivity index (χ1) is 9.71. The van der Waals surface area contributed by atoms with Gasteiger partial charge in [-0.1, -0.05) is 23.7 Å². The Morgan fingerprint density at radius 1 is 1.25 bits per heavy atom. The Morgan fingerprint density at radius 3 is 2.80 bits per heavy atom. The van der Waals surface area contributed by atoms with Crippen molar-refractivity contribution in [2.45, 2.75) is 18.4 Å². The molecule has 3 nitrogen and oxygen atoms in total. The minimum absolute atomic E-state index is 0.173. The molecule has 0 atom stereocenters. The van der Waals surface area contributed by atoms with E-state index < -0.39 is 0 Å². The molecule has 4 heteroatoms. The Kier molecular flexibility index (Phi) is 3.64. The van der Waals surface area contributed by atoms with Gasteiger partial charge in [-0.05, 0) is 43.7 Å². The highest BCUT2D eigenvalue weighted by Crippen LogP contribution is 2.35. The molecule has 1 N–H and O–H groups in total. The number of pyridine rings is 1. The molecule has 0 aliphatic heterocycles. The molecule has 0 bridgehead atoms. The van der Waals surface area contributed by atoms with Crippen LogP contribution in [-0.2, 0) is 0 Å². The summed E-state index contributed by atoms with van der Waals surface area (Å²) in [6.07, 6.45) is 5.92. The molecular weight excluding hydrogens is 272 g/mol. The zero-order chi connectivity index (χ0) is 14.0. The minimum atomic E-state index is 0.173. The lowest BCUT2D eigenvalue weighted by molar-refractivity contribution is 0.259. The van der Waals surface area contributed by atoms with Crippen molar-refractivity contribution in [2.75, 3.05) is 13.7 Å². The van der Waals surface area contributed by atoms with E-state index in [1.54, 1.807) is 6.20 Å². The third-order valence-corrected chi connectivity index (χ3v) is 4.01. The van der Waals surface area contributed by atoms with Crippen LogP contribution < -0.4 is 10.1 Å². The number of aromatic nitrogens is 1. The molecular formula is C16H17ClN2O. The second kappa shape index (κ2) is 5.43. The topological polar surface area (TPSA) is 34.1 Å². The first-order valence-corrected chi connectivity index (χ1v) is 7.11. The van der Waals surface area contributed by atoms with Gasteiger partial charge < -0.3 is 10.1 Å². The maximum Gasteiger partial charge on any atom is 0.138 e. The third-order valence-electron chi connectivity index (χ3n) is 3.77. The van der Waals surface area contributed by atoms with Gasteiger partial charge >= 0.3 is 0 Å². The predicted octanol–water partition coefficient (Wildman–Crippen LogP) is 3.53. The van der Waals surface area contributed by atoms with Crippen LogP contribution in [0.25, 0.3) is 11.1 Å². The normalized spacial score (nSPS) is 15.9. The van der Waals surface area contributed by atoms with E-state index in [1.807, 2.05) is 43.6 Å². The monoisotopic (exact) mass is 288 g/mol. The molecule has 1 fully saturated rings.